The Hall–Kier alpha value is 0.347. The fraction of sp³-hybridized carbons (Fsp3) is 1.00. The van der Waals surface area contributed by atoms with E-state index in [9.17, 15) is 0 Å². The first kappa shape index (κ1) is 35.5. The van der Waals surface area contributed by atoms with Crippen molar-refractivity contribution in [3.05, 3.63) is 0 Å². The third kappa shape index (κ3) is 17.4. The van der Waals surface area contributed by atoms with Gasteiger partial charge in [-0.15, -0.1) is 0 Å². The summed E-state index contributed by atoms with van der Waals surface area (Å²) in [5, 5.41) is 0. The van der Waals surface area contributed by atoms with Crippen LogP contribution in [0.3, 0.4) is 0 Å². The minimum atomic E-state index is -2.60. The van der Waals surface area contributed by atoms with Crippen LogP contribution in [0.1, 0.15) is 117 Å². The first-order chi connectivity index (χ1) is 15.3. The van der Waals surface area contributed by atoms with Crippen molar-refractivity contribution >= 4 is 8.80 Å². The molecular weight excluding hydrogens is 450 g/mol. The third-order valence-electron chi connectivity index (χ3n) is 6.95. The van der Waals surface area contributed by atoms with Crippen molar-refractivity contribution in [1.82, 2.24) is 0 Å². The third-order valence-corrected chi connectivity index (χ3v) is 10.2. The Kier molecular flexibility index (Phi) is 23.3. The zero-order valence-corrected chi connectivity index (χ0v) is 25.5. The van der Waals surface area contributed by atoms with Gasteiger partial charge in [0.2, 0.25) is 0 Å². The number of hydrogen-bond acceptors (Lipinski definition) is 3. The Morgan fingerprint density at radius 3 is 1.39 bits per heavy atom. The molecule has 0 rings (SSSR count). The van der Waals surface area contributed by atoms with Crippen LogP contribution in [0.25, 0.3) is 0 Å². The van der Waals surface area contributed by atoms with Crippen LogP contribution in [0.5, 0.6) is 0 Å². The highest BCUT2D eigenvalue weighted by Gasteiger charge is 2.47. The van der Waals surface area contributed by atoms with Crippen LogP contribution >= 0.6 is 0 Å². The summed E-state index contributed by atoms with van der Waals surface area (Å²) in [5.74, 6) is 0.707. The van der Waals surface area contributed by atoms with Crippen LogP contribution in [0, 0.1) is 5.92 Å². The van der Waals surface area contributed by atoms with Gasteiger partial charge in [0.1, 0.15) is 0 Å². The number of rotatable bonds is 23. The molecule has 202 valence electrons. The predicted octanol–water partition coefficient (Wildman–Crippen LogP) is 4.84. The molecule has 0 aliphatic heterocycles. The van der Waals surface area contributed by atoms with Crippen molar-refractivity contribution in [3.63, 3.8) is 0 Å². The Labute approximate surface area is 215 Å². The number of quaternary nitrogens is 1. The van der Waals surface area contributed by atoms with Crippen molar-refractivity contribution in [3.8, 4) is 0 Å². The summed E-state index contributed by atoms with van der Waals surface area (Å²) in [7, 11) is 7.40. The van der Waals surface area contributed by atoms with E-state index in [-0.39, 0.29) is 12.4 Å². The van der Waals surface area contributed by atoms with E-state index in [2.05, 4.69) is 34.9 Å². The van der Waals surface area contributed by atoms with Crippen LogP contribution in [0.2, 0.25) is 5.54 Å². The summed E-state index contributed by atoms with van der Waals surface area (Å²) in [5.41, 5.74) is 0.389. The molecule has 0 spiro atoms. The van der Waals surface area contributed by atoms with Crippen molar-refractivity contribution in [2.75, 3.05) is 48.5 Å². The average Bonchev–Trinajstić information content (AvgIpc) is 2.75. The van der Waals surface area contributed by atoms with Crippen LogP contribution in [-0.2, 0) is 13.3 Å². The maximum Gasteiger partial charge on any atom is 0.503 e. The van der Waals surface area contributed by atoms with Crippen LogP contribution in [0.15, 0.2) is 0 Å². The Morgan fingerprint density at radius 1 is 0.636 bits per heavy atom. The van der Waals surface area contributed by atoms with Crippen LogP contribution < -0.4 is 12.4 Å². The van der Waals surface area contributed by atoms with Crippen LogP contribution in [0.4, 0.5) is 0 Å². The minimum absolute atomic E-state index is 0. The molecule has 1 atom stereocenters. The summed E-state index contributed by atoms with van der Waals surface area (Å²) >= 11 is 0. The van der Waals surface area contributed by atoms with E-state index in [1.54, 1.807) is 21.3 Å². The number of unbranched alkanes of at least 4 members (excludes halogenated alkanes) is 12. The lowest BCUT2D eigenvalue weighted by atomic mass is 10.0. The van der Waals surface area contributed by atoms with Crippen molar-refractivity contribution in [1.29, 1.82) is 0 Å². The lowest BCUT2D eigenvalue weighted by Gasteiger charge is -2.36. The van der Waals surface area contributed by atoms with E-state index in [0.29, 0.717) is 11.5 Å². The molecule has 0 aliphatic carbocycles. The molecule has 0 radical (unpaired) electrons. The summed E-state index contributed by atoms with van der Waals surface area (Å²) in [6.45, 7) is 9.26. The molecule has 0 aromatic carbocycles. The molecule has 0 saturated heterocycles. The molecular formula is C27H60ClNO3Si. The highest BCUT2D eigenvalue weighted by Crippen LogP contribution is 2.34. The molecule has 1 unspecified atom stereocenters. The van der Waals surface area contributed by atoms with Gasteiger partial charge in [0.05, 0.1) is 27.2 Å². The number of halogens is 1. The van der Waals surface area contributed by atoms with Gasteiger partial charge < -0.3 is 30.2 Å². The number of nitrogens with zero attached hydrogens (tertiary/aromatic N) is 1. The quantitative estimate of drug-likeness (QED) is 0.112. The largest absolute Gasteiger partial charge is 1.00 e. The Morgan fingerprint density at radius 2 is 1.03 bits per heavy atom. The normalized spacial score (nSPS) is 13.4. The first-order valence-electron chi connectivity index (χ1n) is 13.7. The molecule has 0 bridgehead atoms. The first-order valence-corrected chi connectivity index (χ1v) is 15.5. The Balaban J connectivity index is 0. The summed E-state index contributed by atoms with van der Waals surface area (Å²) in [6, 6.07) is 0. The second kappa shape index (κ2) is 21.6. The summed E-state index contributed by atoms with van der Waals surface area (Å²) in [4.78, 5) is 0. The van der Waals surface area contributed by atoms with Gasteiger partial charge in [-0.1, -0.05) is 104 Å². The van der Waals surface area contributed by atoms with Gasteiger partial charge in [-0.2, -0.15) is 0 Å². The zero-order chi connectivity index (χ0) is 24.3. The zero-order valence-electron chi connectivity index (χ0n) is 23.7. The molecule has 0 heterocycles. The second-order valence-electron chi connectivity index (χ2n) is 11.0. The highest BCUT2D eigenvalue weighted by atomic mass is 35.5. The van der Waals surface area contributed by atoms with E-state index in [1.165, 1.54) is 90.0 Å². The van der Waals surface area contributed by atoms with E-state index >= 15 is 0 Å². The van der Waals surface area contributed by atoms with Crippen molar-refractivity contribution < 1.29 is 30.2 Å². The minimum Gasteiger partial charge on any atom is -1.00 e. The molecule has 33 heavy (non-hydrogen) atoms. The molecule has 0 amide bonds. The lowest BCUT2D eigenvalue weighted by molar-refractivity contribution is -0.893. The Bertz CT molecular complexity index is 412. The van der Waals surface area contributed by atoms with E-state index in [4.69, 9.17) is 13.3 Å². The molecule has 0 aromatic heterocycles. The molecule has 0 aromatic rings. The van der Waals surface area contributed by atoms with Crippen molar-refractivity contribution in [2.24, 2.45) is 5.92 Å². The molecule has 4 nitrogen and oxygen atoms in total. The maximum atomic E-state index is 5.90. The lowest BCUT2D eigenvalue weighted by Crippen LogP contribution is -3.00. The predicted molar refractivity (Wildman–Crippen MR) is 142 cm³/mol. The van der Waals surface area contributed by atoms with E-state index in [0.717, 1.165) is 23.9 Å². The molecule has 0 aliphatic rings. The van der Waals surface area contributed by atoms with Crippen LogP contribution in [-0.4, -0.2) is 61.8 Å². The average molecular weight is 510 g/mol. The van der Waals surface area contributed by atoms with Gasteiger partial charge in [-0.25, -0.2) is 0 Å². The summed E-state index contributed by atoms with van der Waals surface area (Å²) < 4.78 is 18.7. The maximum absolute atomic E-state index is 5.90. The smallest absolute Gasteiger partial charge is 0.503 e. The fourth-order valence-electron chi connectivity index (χ4n) is 5.24. The molecule has 0 N–H and O–H groups in total. The van der Waals surface area contributed by atoms with E-state index < -0.39 is 8.80 Å². The fourth-order valence-corrected chi connectivity index (χ4v) is 7.78. The highest BCUT2D eigenvalue weighted by molar-refractivity contribution is 6.62. The molecule has 0 fully saturated rings. The topological polar surface area (TPSA) is 27.7 Å². The van der Waals surface area contributed by atoms with Gasteiger partial charge in [-0.3, -0.25) is 0 Å². The molecule has 6 heteroatoms. The van der Waals surface area contributed by atoms with E-state index in [1.807, 2.05) is 0 Å². The van der Waals surface area contributed by atoms with Gasteiger partial charge in [-0.05, 0) is 6.42 Å². The molecule has 0 saturated carbocycles. The van der Waals surface area contributed by atoms with Gasteiger partial charge in [0.25, 0.3) is 0 Å². The SMILES string of the molecule is CCCCCCCCCCCCCCCC(CC[N+](C)(C)CC(C)C)[Si](OC)(OC)OC.[Cl-]. The van der Waals surface area contributed by atoms with Gasteiger partial charge in [0.15, 0.2) is 0 Å². The second-order valence-corrected chi connectivity index (χ2v) is 14.2. The monoisotopic (exact) mass is 509 g/mol. The van der Waals surface area contributed by atoms with Gasteiger partial charge >= 0.3 is 8.80 Å². The van der Waals surface area contributed by atoms with Crippen molar-refractivity contribution in [2.45, 2.75) is 123 Å². The summed E-state index contributed by atoms with van der Waals surface area (Å²) in [6.07, 6.45) is 20.4. The standard InChI is InChI=1S/C27H60NO3Si.ClH/c1-9-10-11-12-13-14-15-16-17-18-19-20-21-22-27(32(29-6,30-7)31-8)23-24-28(4,5)25-26(2)3;/h26-27H,9-25H2,1-8H3;1H/q+1;/p-1. The van der Waals surface area contributed by atoms with Gasteiger partial charge in [0, 0.05) is 39.2 Å². The number of hydrogen-bond donors (Lipinski definition) is 0.